The van der Waals surface area contributed by atoms with Crippen molar-refractivity contribution in [2.75, 3.05) is 0 Å². The largest absolute Gasteiger partial charge is 0.499 e. The van der Waals surface area contributed by atoms with Crippen LogP contribution >= 0.6 is 11.3 Å². The van der Waals surface area contributed by atoms with Crippen LogP contribution in [0.25, 0.3) is 0 Å². The second-order valence-corrected chi connectivity index (χ2v) is 6.48. The van der Waals surface area contributed by atoms with Gasteiger partial charge in [-0.15, -0.1) is 11.3 Å². The molecule has 0 atom stereocenters. The number of carbonyl (C=O) groups is 1. The van der Waals surface area contributed by atoms with Crippen LogP contribution < -0.4 is 4.78 Å². The van der Waals surface area contributed by atoms with Gasteiger partial charge in [-0.3, -0.25) is 4.90 Å². The summed E-state index contributed by atoms with van der Waals surface area (Å²) in [4.78, 5) is 14.5. The minimum absolute atomic E-state index is 0.336. The van der Waals surface area contributed by atoms with Gasteiger partial charge < -0.3 is 14.8 Å². The number of fused-ring (bicyclic) bond motifs is 1. The van der Waals surface area contributed by atoms with E-state index < -0.39 is 12.7 Å². The molecule has 1 aliphatic heterocycles. The van der Waals surface area contributed by atoms with Crippen molar-refractivity contribution in [1.82, 2.24) is 4.90 Å². The third-order valence-electron chi connectivity index (χ3n) is 2.52. The normalized spacial score (nSPS) is 14.6. The van der Waals surface area contributed by atoms with Gasteiger partial charge in [0, 0.05) is 9.65 Å². The second kappa shape index (κ2) is 4.57. The zero-order valence-electron chi connectivity index (χ0n) is 10.6. The van der Waals surface area contributed by atoms with E-state index in [-0.39, 0.29) is 6.09 Å². The van der Waals surface area contributed by atoms with Crippen LogP contribution in [0.2, 0.25) is 0 Å². The SMILES string of the molecule is CC(C)(C)OC(=O)N1Cc2cc(B(O)O)sc2C1. The molecule has 7 heteroatoms. The highest BCUT2D eigenvalue weighted by Crippen LogP contribution is 2.27. The van der Waals surface area contributed by atoms with Gasteiger partial charge in [-0.1, -0.05) is 0 Å². The van der Waals surface area contributed by atoms with E-state index in [1.54, 1.807) is 11.0 Å². The monoisotopic (exact) mass is 269 g/mol. The molecule has 18 heavy (non-hydrogen) atoms. The Hall–Kier alpha value is -1.05. The Morgan fingerprint density at radius 3 is 2.61 bits per heavy atom. The van der Waals surface area contributed by atoms with E-state index in [1.165, 1.54) is 11.3 Å². The third-order valence-corrected chi connectivity index (χ3v) is 3.72. The maximum atomic E-state index is 11.9. The van der Waals surface area contributed by atoms with Gasteiger partial charge in [0.15, 0.2) is 0 Å². The van der Waals surface area contributed by atoms with Crippen molar-refractivity contribution in [3.63, 3.8) is 0 Å². The predicted molar refractivity (Wildman–Crippen MR) is 69.6 cm³/mol. The van der Waals surface area contributed by atoms with Gasteiger partial charge in [-0.2, -0.15) is 0 Å². The first-order valence-electron chi connectivity index (χ1n) is 5.72. The van der Waals surface area contributed by atoms with Crippen molar-refractivity contribution < 1.29 is 19.6 Å². The quantitative estimate of drug-likeness (QED) is 0.735. The summed E-state index contributed by atoms with van der Waals surface area (Å²) in [5.74, 6) is 0. The predicted octanol–water partition coefficient (Wildman–Crippen LogP) is 0.679. The summed E-state index contributed by atoms with van der Waals surface area (Å²) in [6.07, 6.45) is -0.336. The summed E-state index contributed by atoms with van der Waals surface area (Å²) in [7, 11) is -1.43. The first-order chi connectivity index (χ1) is 8.26. The van der Waals surface area contributed by atoms with Crippen molar-refractivity contribution in [1.29, 1.82) is 0 Å². The minimum Gasteiger partial charge on any atom is -0.444 e. The van der Waals surface area contributed by atoms with Gasteiger partial charge in [0.25, 0.3) is 0 Å². The third kappa shape index (κ3) is 2.85. The smallest absolute Gasteiger partial charge is 0.444 e. The molecule has 5 nitrogen and oxygen atoms in total. The first-order valence-corrected chi connectivity index (χ1v) is 6.53. The fourth-order valence-electron chi connectivity index (χ4n) is 1.77. The number of carbonyl (C=O) groups excluding carboxylic acids is 1. The number of hydrogen-bond acceptors (Lipinski definition) is 5. The van der Waals surface area contributed by atoms with Crippen molar-refractivity contribution in [3.8, 4) is 0 Å². The molecule has 2 N–H and O–H groups in total. The molecule has 1 aromatic rings. The minimum atomic E-state index is -1.43. The molecule has 0 fully saturated rings. The van der Waals surface area contributed by atoms with Crippen molar-refractivity contribution in [2.45, 2.75) is 39.5 Å². The van der Waals surface area contributed by atoms with E-state index in [4.69, 9.17) is 14.8 Å². The Bertz CT molecular complexity index is 443. The fourth-order valence-corrected chi connectivity index (χ4v) is 2.84. The van der Waals surface area contributed by atoms with Gasteiger partial charge in [-0.25, -0.2) is 4.79 Å². The van der Waals surface area contributed by atoms with Crippen LogP contribution in [0.5, 0.6) is 0 Å². The van der Waals surface area contributed by atoms with Gasteiger partial charge >= 0.3 is 13.2 Å². The van der Waals surface area contributed by atoms with Crippen LogP contribution in [-0.4, -0.2) is 33.8 Å². The number of hydrogen-bond donors (Lipinski definition) is 2. The summed E-state index contributed by atoms with van der Waals surface area (Å²) in [6.45, 7) is 6.43. The summed E-state index contributed by atoms with van der Waals surface area (Å²) >= 11 is 1.32. The molecule has 0 bridgehead atoms. The Labute approximate surface area is 110 Å². The van der Waals surface area contributed by atoms with Crippen LogP contribution in [-0.2, 0) is 17.8 Å². The molecule has 2 heterocycles. The van der Waals surface area contributed by atoms with Crippen LogP contribution in [0.1, 0.15) is 31.2 Å². The van der Waals surface area contributed by atoms with E-state index in [0.29, 0.717) is 17.9 Å². The van der Waals surface area contributed by atoms with Crippen molar-refractivity contribution >= 4 is 29.3 Å². The molecule has 1 amide bonds. The molecule has 1 aliphatic rings. The lowest BCUT2D eigenvalue weighted by atomic mass is 9.89. The molecule has 2 rings (SSSR count). The molecule has 0 unspecified atom stereocenters. The first kappa shape index (κ1) is 13.4. The Balaban J connectivity index is 2.02. The maximum Gasteiger partial charge on any atom is 0.499 e. The van der Waals surface area contributed by atoms with E-state index >= 15 is 0 Å². The lowest BCUT2D eigenvalue weighted by molar-refractivity contribution is 0.0242. The summed E-state index contributed by atoms with van der Waals surface area (Å²) in [5.41, 5.74) is 0.466. The van der Waals surface area contributed by atoms with Gasteiger partial charge in [0.1, 0.15) is 5.60 Å². The fraction of sp³-hybridized carbons (Fsp3) is 0.545. The number of nitrogens with zero attached hydrogens (tertiary/aromatic N) is 1. The average molecular weight is 269 g/mol. The molecule has 0 aliphatic carbocycles. The molecular weight excluding hydrogens is 253 g/mol. The molecule has 0 aromatic carbocycles. The van der Waals surface area contributed by atoms with Gasteiger partial charge in [0.2, 0.25) is 0 Å². The van der Waals surface area contributed by atoms with E-state index in [0.717, 1.165) is 10.4 Å². The Morgan fingerprint density at radius 1 is 1.44 bits per heavy atom. The summed E-state index contributed by atoms with van der Waals surface area (Å²) in [6, 6.07) is 1.73. The van der Waals surface area contributed by atoms with Crippen LogP contribution in [0.4, 0.5) is 4.79 Å². The van der Waals surface area contributed by atoms with Crippen LogP contribution in [0, 0.1) is 0 Å². The number of thiophene rings is 1. The van der Waals surface area contributed by atoms with Crippen molar-refractivity contribution in [2.24, 2.45) is 0 Å². The second-order valence-electron chi connectivity index (χ2n) is 5.31. The van der Waals surface area contributed by atoms with E-state index in [2.05, 4.69) is 0 Å². The highest BCUT2D eigenvalue weighted by molar-refractivity contribution is 7.22. The standard InChI is InChI=1S/C11H16BNO4S/c1-11(2,3)17-10(14)13-5-7-4-9(12(15)16)18-8(7)6-13/h4,15-16H,5-6H2,1-3H3. The zero-order valence-corrected chi connectivity index (χ0v) is 11.5. The summed E-state index contributed by atoms with van der Waals surface area (Å²) in [5, 5.41) is 18.1. The molecule has 98 valence electrons. The number of amides is 1. The zero-order chi connectivity index (χ0) is 13.5. The van der Waals surface area contributed by atoms with Crippen molar-refractivity contribution in [3.05, 3.63) is 16.5 Å². The number of ether oxygens (including phenoxy) is 1. The molecule has 0 spiro atoms. The molecular formula is C11H16BNO4S. The molecule has 1 aromatic heterocycles. The molecule has 0 saturated carbocycles. The lowest BCUT2D eigenvalue weighted by Gasteiger charge is -2.24. The lowest BCUT2D eigenvalue weighted by Crippen LogP contribution is -2.34. The topological polar surface area (TPSA) is 70.0 Å². The van der Waals surface area contributed by atoms with E-state index in [1.807, 2.05) is 20.8 Å². The Morgan fingerprint density at radius 2 is 2.11 bits per heavy atom. The van der Waals surface area contributed by atoms with Gasteiger partial charge in [0.05, 0.1) is 13.1 Å². The van der Waals surface area contributed by atoms with Gasteiger partial charge in [-0.05, 0) is 32.4 Å². The highest BCUT2D eigenvalue weighted by Gasteiger charge is 2.30. The van der Waals surface area contributed by atoms with Crippen LogP contribution in [0.15, 0.2) is 6.07 Å². The maximum absolute atomic E-state index is 11.9. The molecule has 0 saturated heterocycles. The number of rotatable bonds is 1. The summed E-state index contributed by atoms with van der Waals surface area (Å²) < 4.78 is 5.81. The van der Waals surface area contributed by atoms with E-state index in [9.17, 15) is 4.79 Å². The average Bonchev–Trinajstić information content (AvgIpc) is 2.69. The Kier molecular flexibility index (Phi) is 3.40. The molecule has 0 radical (unpaired) electrons. The highest BCUT2D eigenvalue weighted by atomic mass is 32.1. The van der Waals surface area contributed by atoms with Crippen LogP contribution in [0.3, 0.4) is 0 Å².